The average Bonchev–Trinajstić information content (AvgIpc) is 3.13. The SMILES string of the molecule is Cc1c(COc2ccc(CCC(CO)CO)cc2Br)cccc1-c1cccc(COc2ccc(CNC(CO)(CO)C(=O)O)cc2Br)c1C.O=C=O. The number of hydrogen-bond acceptors (Lipinski definition) is 10. The third-order valence-corrected chi connectivity index (χ3v) is 10.1. The molecular weight excluding hydrogens is 802 g/mol. The Balaban J connectivity index is 0.00000235. The topological polar surface area (TPSA) is 183 Å². The molecule has 4 rings (SSSR count). The molecular formula is C39H43Br2NO10. The summed E-state index contributed by atoms with van der Waals surface area (Å²) in [5.41, 5.74) is 6.56. The fourth-order valence-electron chi connectivity index (χ4n) is 5.42. The van der Waals surface area contributed by atoms with Crippen LogP contribution in [-0.4, -0.2) is 69.6 Å². The molecule has 0 fully saturated rings. The molecule has 4 aromatic carbocycles. The molecule has 0 aliphatic carbocycles. The van der Waals surface area contributed by atoms with E-state index >= 15 is 0 Å². The van der Waals surface area contributed by atoms with Gasteiger partial charge in [0.25, 0.3) is 0 Å². The van der Waals surface area contributed by atoms with E-state index in [1.54, 1.807) is 12.1 Å². The first-order valence-corrected chi connectivity index (χ1v) is 18.0. The van der Waals surface area contributed by atoms with E-state index in [0.717, 1.165) is 61.2 Å². The quantitative estimate of drug-likeness (QED) is 0.0744. The Kier molecular flexibility index (Phi) is 17.1. The van der Waals surface area contributed by atoms with Crippen molar-refractivity contribution >= 4 is 44.0 Å². The first-order chi connectivity index (χ1) is 25.0. The Morgan fingerprint density at radius 1 is 0.769 bits per heavy atom. The summed E-state index contributed by atoms with van der Waals surface area (Å²) in [6.07, 6.45) is 1.71. The molecule has 0 heterocycles. The van der Waals surface area contributed by atoms with Crippen LogP contribution in [-0.2, 0) is 40.6 Å². The van der Waals surface area contributed by atoms with E-state index in [9.17, 15) is 30.3 Å². The number of carboxylic acid groups (broad SMARTS) is 1. The number of halogens is 2. The van der Waals surface area contributed by atoms with Crippen LogP contribution in [0.2, 0.25) is 0 Å². The maximum atomic E-state index is 11.5. The molecule has 0 amide bonds. The second kappa shape index (κ2) is 21.0. The van der Waals surface area contributed by atoms with Crippen molar-refractivity contribution in [1.29, 1.82) is 0 Å². The highest BCUT2D eigenvalue weighted by Gasteiger charge is 2.37. The molecule has 0 aliphatic rings. The molecule has 52 heavy (non-hydrogen) atoms. The zero-order valence-electron chi connectivity index (χ0n) is 28.9. The summed E-state index contributed by atoms with van der Waals surface area (Å²) in [4.78, 5) is 27.8. The lowest BCUT2D eigenvalue weighted by molar-refractivity contribution is -0.191. The predicted octanol–water partition coefficient (Wildman–Crippen LogP) is 5.50. The molecule has 0 radical (unpaired) electrons. The molecule has 278 valence electrons. The van der Waals surface area contributed by atoms with Crippen LogP contribution in [0, 0.1) is 19.8 Å². The summed E-state index contributed by atoms with van der Waals surface area (Å²) in [7, 11) is 0. The summed E-state index contributed by atoms with van der Waals surface area (Å²) in [5.74, 6) is -0.0849. The van der Waals surface area contributed by atoms with Crippen LogP contribution in [0.5, 0.6) is 11.5 Å². The number of hydrogen-bond donors (Lipinski definition) is 6. The Morgan fingerprint density at radius 3 is 1.65 bits per heavy atom. The van der Waals surface area contributed by atoms with Gasteiger partial charge < -0.3 is 35.0 Å². The van der Waals surface area contributed by atoms with E-state index in [4.69, 9.17) is 19.1 Å². The molecule has 6 N–H and O–H groups in total. The highest BCUT2D eigenvalue weighted by atomic mass is 79.9. The highest BCUT2D eigenvalue weighted by Crippen LogP contribution is 2.33. The Hall–Kier alpha value is -3.91. The van der Waals surface area contributed by atoms with Crippen molar-refractivity contribution in [1.82, 2.24) is 5.32 Å². The molecule has 4 aromatic rings. The normalized spacial score (nSPS) is 11.1. The van der Waals surface area contributed by atoms with Gasteiger partial charge in [-0.05, 0) is 127 Å². The minimum atomic E-state index is -1.83. The van der Waals surface area contributed by atoms with Crippen LogP contribution in [0.15, 0.2) is 81.7 Å². The van der Waals surface area contributed by atoms with E-state index in [2.05, 4.69) is 69.2 Å². The van der Waals surface area contributed by atoms with Gasteiger partial charge in [0.05, 0.1) is 22.2 Å². The smallest absolute Gasteiger partial charge is 0.373 e. The Labute approximate surface area is 319 Å². The number of ether oxygens (including phenoxy) is 2. The molecule has 0 bridgehead atoms. The highest BCUT2D eigenvalue weighted by molar-refractivity contribution is 9.10. The number of aliphatic carboxylic acids is 1. The number of aliphatic hydroxyl groups excluding tert-OH is 4. The van der Waals surface area contributed by atoms with Gasteiger partial charge in [-0.25, -0.2) is 0 Å². The number of rotatable bonds is 18. The van der Waals surface area contributed by atoms with Crippen LogP contribution < -0.4 is 14.8 Å². The van der Waals surface area contributed by atoms with E-state index in [-0.39, 0.29) is 31.8 Å². The molecule has 13 heteroatoms. The fourth-order valence-corrected chi connectivity index (χ4v) is 6.50. The first-order valence-electron chi connectivity index (χ1n) is 16.4. The van der Waals surface area contributed by atoms with Gasteiger partial charge in [0.2, 0.25) is 0 Å². The van der Waals surface area contributed by atoms with Crippen LogP contribution in [0.1, 0.15) is 39.8 Å². The minimum absolute atomic E-state index is 0.0264. The Morgan fingerprint density at radius 2 is 1.23 bits per heavy atom. The van der Waals surface area contributed by atoms with E-state index in [1.807, 2.05) is 42.5 Å². The maximum absolute atomic E-state index is 11.5. The van der Waals surface area contributed by atoms with Gasteiger partial charge in [0, 0.05) is 25.7 Å². The van der Waals surface area contributed by atoms with Crippen molar-refractivity contribution in [2.45, 2.75) is 52.0 Å². The van der Waals surface area contributed by atoms with Gasteiger partial charge in [-0.15, -0.1) is 0 Å². The lowest BCUT2D eigenvalue weighted by atomic mass is 9.92. The number of aliphatic hydroxyl groups is 4. The van der Waals surface area contributed by atoms with Crippen molar-refractivity contribution in [3.63, 3.8) is 0 Å². The summed E-state index contributed by atoms with van der Waals surface area (Å²) >= 11 is 7.18. The van der Waals surface area contributed by atoms with E-state index in [0.29, 0.717) is 29.9 Å². The van der Waals surface area contributed by atoms with Crippen molar-refractivity contribution in [3.05, 3.63) is 115 Å². The predicted molar refractivity (Wildman–Crippen MR) is 201 cm³/mol. The monoisotopic (exact) mass is 843 g/mol. The number of aryl methyl sites for hydroxylation is 1. The maximum Gasteiger partial charge on any atom is 0.373 e. The lowest BCUT2D eigenvalue weighted by Crippen LogP contribution is -2.57. The lowest BCUT2D eigenvalue weighted by Gasteiger charge is -2.26. The minimum Gasteiger partial charge on any atom is -0.488 e. The average molecular weight is 846 g/mol. The van der Waals surface area contributed by atoms with E-state index in [1.165, 1.54) is 0 Å². The first kappa shape index (κ1) is 42.5. The fraction of sp³-hybridized carbons (Fsp3) is 0.333. The van der Waals surface area contributed by atoms with Gasteiger partial charge in [-0.3, -0.25) is 10.1 Å². The number of nitrogens with one attached hydrogen (secondary N) is 1. The second-order valence-corrected chi connectivity index (χ2v) is 13.9. The van der Waals surface area contributed by atoms with Crippen molar-refractivity contribution in [2.24, 2.45) is 5.92 Å². The van der Waals surface area contributed by atoms with Gasteiger partial charge >= 0.3 is 12.1 Å². The third kappa shape index (κ3) is 11.3. The van der Waals surface area contributed by atoms with Gasteiger partial charge in [-0.1, -0.05) is 48.5 Å². The Bertz CT molecular complexity index is 1820. The van der Waals surface area contributed by atoms with Crippen molar-refractivity contribution in [2.75, 3.05) is 26.4 Å². The van der Waals surface area contributed by atoms with E-state index < -0.39 is 24.7 Å². The zero-order chi connectivity index (χ0) is 38.3. The summed E-state index contributed by atoms with van der Waals surface area (Å²) in [6, 6.07) is 23.8. The van der Waals surface area contributed by atoms with Crippen LogP contribution >= 0.6 is 31.9 Å². The largest absolute Gasteiger partial charge is 0.488 e. The molecule has 0 atom stereocenters. The molecule has 0 aromatic heterocycles. The number of carbonyl (C=O) groups excluding carboxylic acids is 2. The summed E-state index contributed by atoms with van der Waals surface area (Å²) in [6.45, 7) is 3.49. The van der Waals surface area contributed by atoms with Crippen molar-refractivity contribution < 1.29 is 49.4 Å². The number of benzene rings is 4. The zero-order valence-corrected chi connectivity index (χ0v) is 32.1. The van der Waals surface area contributed by atoms with Crippen molar-refractivity contribution in [3.8, 4) is 22.6 Å². The number of carboxylic acids is 1. The van der Waals surface area contributed by atoms with Gasteiger partial charge in [0.15, 0.2) is 5.54 Å². The summed E-state index contributed by atoms with van der Waals surface area (Å²) in [5, 5.41) is 49.9. The number of carbonyl (C=O) groups is 1. The molecule has 0 aliphatic heterocycles. The molecule has 0 saturated carbocycles. The molecule has 0 saturated heterocycles. The standard InChI is InChI=1S/C38H43Br2NO8.CO2/c1-24-29(20-48-35-13-11-26(15-33(35)39)9-10-28(18-42)19-43)5-3-7-31(24)32-8-4-6-30(25(32)2)21-49-36-14-12-27(16-34(36)40)17-41-38(22-44,23-45)37(46)47;2-1-3/h3-8,11-16,28,41-45H,9-10,17-23H2,1-2H3,(H,46,47);. The molecule has 11 nitrogen and oxygen atoms in total. The second-order valence-electron chi connectivity index (χ2n) is 12.2. The molecule has 0 unspecified atom stereocenters. The summed E-state index contributed by atoms with van der Waals surface area (Å²) < 4.78 is 14.0. The third-order valence-electron chi connectivity index (χ3n) is 8.88. The van der Waals surface area contributed by atoms with Gasteiger partial charge in [0.1, 0.15) is 24.7 Å². The van der Waals surface area contributed by atoms with Crippen LogP contribution in [0.3, 0.4) is 0 Å². The van der Waals surface area contributed by atoms with Crippen LogP contribution in [0.4, 0.5) is 0 Å². The van der Waals surface area contributed by atoms with Gasteiger partial charge in [-0.2, -0.15) is 9.59 Å². The molecule has 0 spiro atoms. The van der Waals surface area contributed by atoms with Crippen LogP contribution in [0.25, 0.3) is 11.1 Å².